The first-order valence-corrected chi connectivity index (χ1v) is 5.50. The minimum atomic E-state index is -1.19. The van der Waals surface area contributed by atoms with Gasteiger partial charge in [0.2, 0.25) is 0 Å². The van der Waals surface area contributed by atoms with Crippen LogP contribution >= 0.6 is 0 Å². The molecule has 0 aliphatic carbocycles. The summed E-state index contributed by atoms with van der Waals surface area (Å²) < 4.78 is 0. The van der Waals surface area contributed by atoms with Crippen molar-refractivity contribution >= 4 is 12.0 Å². The Kier molecular flexibility index (Phi) is 4.07. The average molecular weight is 234 g/mol. The van der Waals surface area contributed by atoms with Crippen LogP contribution in [0.5, 0.6) is 0 Å². The van der Waals surface area contributed by atoms with E-state index in [1.807, 2.05) is 30.3 Å². The highest BCUT2D eigenvalue weighted by Gasteiger charge is 2.36. The first kappa shape index (κ1) is 13.5. The van der Waals surface area contributed by atoms with E-state index >= 15 is 0 Å². The van der Waals surface area contributed by atoms with E-state index in [2.05, 4.69) is 0 Å². The molecule has 0 unspecified atom stereocenters. The van der Waals surface area contributed by atoms with Crippen molar-refractivity contribution in [3.63, 3.8) is 0 Å². The van der Waals surface area contributed by atoms with Crippen molar-refractivity contribution in [2.45, 2.75) is 26.9 Å². The van der Waals surface area contributed by atoms with E-state index in [0.717, 1.165) is 5.56 Å². The van der Waals surface area contributed by atoms with Gasteiger partial charge in [0.1, 0.15) is 0 Å². The summed E-state index contributed by atoms with van der Waals surface area (Å²) in [6, 6.07) is 9.51. The Morgan fingerprint density at radius 2 is 1.82 bits per heavy atom. The summed E-state index contributed by atoms with van der Waals surface area (Å²) in [6.07, 6.45) is 0.801. The standard InChI is InChI=1S/C14H18O3/c1-10(9-11-7-5-4-6-8-11)12(15)14(2,3)13(16)17/h4-9,12,15H,1-3H3,(H,16,17)/b10-9+/t12-/m1/s1. The summed E-state index contributed by atoms with van der Waals surface area (Å²) in [5.41, 5.74) is 0.406. The third kappa shape index (κ3) is 3.17. The lowest BCUT2D eigenvalue weighted by Crippen LogP contribution is -2.37. The highest BCUT2D eigenvalue weighted by molar-refractivity contribution is 5.75. The predicted molar refractivity (Wildman–Crippen MR) is 67.5 cm³/mol. The molecular weight excluding hydrogens is 216 g/mol. The van der Waals surface area contributed by atoms with Gasteiger partial charge in [0.05, 0.1) is 11.5 Å². The molecule has 0 saturated heterocycles. The first-order valence-electron chi connectivity index (χ1n) is 5.50. The van der Waals surface area contributed by atoms with Crippen molar-refractivity contribution < 1.29 is 15.0 Å². The molecule has 0 radical (unpaired) electrons. The number of aliphatic carboxylic acids is 1. The lowest BCUT2D eigenvalue weighted by Gasteiger charge is -2.26. The van der Waals surface area contributed by atoms with Crippen LogP contribution in [0, 0.1) is 5.41 Å². The summed E-state index contributed by atoms with van der Waals surface area (Å²) in [5, 5.41) is 19.1. The maximum absolute atomic E-state index is 11.0. The van der Waals surface area contributed by atoms with Crippen LogP contribution in [0.25, 0.3) is 6.08 Å². The summed E-state index contributed by atoms with van der Waals surface area (Å²) in [5.74, 6) is -1.01. The lowest BCUT2D eigenvalue weighted by atomic mass is 9.82. The molecule has 1 aromatic carbocycles. The third-order valence-corrected chi connectivity index (χ3v) is 2.86. The second-order valence-corrected chi connectivity index (χ2v) is 4.73. The molecule has 0 spiro atoms. The minimum absolute atomic E-state index is 0.642. The van der Waals surface area contributed by atoms with E-state index in [4.69, 9.17) is 5.11 Å². The molecule has 1 rings (SSSR count). The Morgan fingerprint density at radius 1 is 1.29 bits per heavy atom. The Hall–Kier alpha value is -1.61. The van der Waals surface area contributed by atoms with Gasteiger partial charge in [-0.15, -0.1) is 0 Å². The molecule has 0 aliphatic heterocycles. The molecule has 1 aromatic rings. The van der Waals surface area contributed by atoms with Gasteiger partial charge >= 0.3 is 5.97 Å². The number of carboxylic acid groups (broad SMARTS) is 1. The molecule has 92 valence electrons. The second-order valence-electron chi connectivity index (χ2n) is 4.73. The van der Waals surface area contributed by atoms with Gasteiger partial charge in [-0.3, -0.25) is 4.79 Å². The van der Waals surface area contributed by atoms with E-state index in [-0.39, 0.29) is 0 Å². The van der Waals surface area contributed by atoms with E-state index < -0.39 is 17.5 Å². The largest absolute Gasteiger partial charge is 0.481 e. The summed E-state index contributed by atoms with van der Waals surface area (Å²) in [4.78, 5) is 11.0. The van der Waals surface area contributed by atoms with Gasteiger partial charge in [0.15, 0.2) is 0 Å². The molecule has 0 aromatic heterocycles. The summed E-state index contributed by atoms with van der Waals surface area (Å²) in [7, 11) is 0. The van der Waals surface area contributed by atoms with Gasteiger partial charge < -0.3 is 10.2 Å². The van der Waals surface area contributed by atoms with Crippen LogP contribution in [0.1, 0.15) is 26.3 Å². The average Bonchev–Trinajstić information content (AvgIpc) is 2.29. The zero-order valence-corrected chi connectivity index (χ0v) is 10.3. The maximum Gasteiger partial charge on any atom is 0.312 e. The number of aliphatic hydroxyl groups is 1. The highest BCUT2D eigenvalue weighted by Crippen LogP contribution is 2.27. The van der Waals surface area contributed by atoms with Crippen LogP contribution < -0.4 is 0 Å². The number of carbonyl (C=O) groups is 1. The zero-order chi connectivity index (χ0) is 13.1. The van der Waals surface area contributed by atoms with Crippen LogP contribution in [0.15, 0.2) is 35.9 Å². The van der Waals surface area contributed by atoms with Crippen LogP contribution in [-0.4, -0.2) is 22.3 Å². The fourth-order valence-corrected chi connectivity index (χ4v) is 1.58. The van der Waals surface area contributed by atoms with Crippen LogP contribution in [-0.2, 0) is 4.79 Å². The molecule has 0 saturated carbocycles. The fourth-order valence-electron chi connectivity index (χ4n) is 1.58. The molecule has 0 bridgehead atoms. The molecule has 0 aliphatic rings. The lowest BCUT2D eigenvalue weighted by molar-refractivity contribution is -0.151. The molecule has 0 fully saturated rings. The van der Waals surface area contributed by atoms with Crippen molar-refractivity contribution in [2.75, 3.05) is 0 Å². The number of aliphatic hydroxyl groups excluding tert-OH is 1. The van der Waals surface area contributed by atoms with Gasteiger partial charge in [-0.1, -0.05) is 36.4 Å². The van der Waals surface area contributed by atoms with Gasteiger partial charge in [0.25, 0.3) is 0 Å². The van der Waals surface area contributed by atoms with Crippen molar-refractivity contribution in [3.8, 4) is 0 Å². The molecule has 1 atom stereocenters. The van der Waals surface area contributed by atoms with Gasteiger partial charge in [0, 0.05) is 0 Å². The van der Waals surface area contributed by atoms with Gasteiger partial charge in [-0.2, -0.15) is 0 Å². The van der Waals surface area contributed by atoms with Gasteiger partial charge in [-0.25, -0.2) is 0 Å². The molecular formula is C14H18O3. The summed E-state index contributed by atoms with van der Waals surface area (Å²) >= 11 is 0. The van der Waals surface area contributed by atoms with E-state index in [1.54, 1.807) is 13.0 Å². The first-order chi connectivity index (χ1) is 7.85. The maximum atomic E-state index is 11.0. The van der Waals surface area contributed by atoms with Crippen LogP contribution in [0.3, 0.4) is 0 Å². The Morgan fingerprint density at radius 3 is 2.29 bits per heavy atom. The number of carboxylic acids is 1. The SMILES string of the molecule is C/C(=C\c1ccccc1)[C@@H](O)C(C)(C)C(=O)O. The van der Waals surface area contributed by atoms with E-state index in [0.29, 0.717) is 5.57 Å². The highest BCUT2D eigenvalue weighted by atomic mass is 16.4. The molecule has 17 heavy (non-hydrogen) atoms. The van der Waals surface area contributed by atoms with E-state index in [9.17, 15) is 9.90 Å². The third-order valence-electron chi connectivity index (χ3n) is 2.86. The Bertz CT molecular complexity index is 418. The molecule has 2 N–H and O–H groups in total. The second kappa shape index (κ2) is 5.15. The van der Waals surface area contributed by atoms with E-state index in [1.165, 1.54) is 13.8 Å². The van der Waals surface area contributed by atoms with Crippen LogP contribution in [0.2, 0.25) is 0 Å². The molecule has 0 amide bonds. The Balaban J connectivity index is 2.94. The quantitative estimate of drug-likeness (QED) is 0.841. The smallest absolute Gasteiger partial charge is 0.312 e. The summed E-state index contributed by atoms with van der Waals surface area (Å²) in [6.45, 7) is 4.77. The van der Waals surface area contributed by atoms with Gasteiger partial charge in [-0.05, 0) is 31.9 Å². The number of benzene rings is 1. The monoisotopic (exact) mass is 234 g/mol. The fraction of sp³-hybridized carbons (Fsp3) is 0.357. The normalized spacial score (nSPS) is 14.5. The zero-order valence-electron chi connectivity index (χ0n) is 10.3. The van der Waals surface area contributed by atoms with Crippen molar-refractivity contribution in [1.82, 2.24) is 0 Å². The van der Waals surface area contributed by atoms with Crippen molar-refractivity contribution in [2.24, 2.45) is 5.41 Å². The number of rotatable bonds is 4. The topological polar surface area (TPSA) is 57.5 Å². The van der Waals surface area contributed by atoms with Crippen molar-refractivity contribution in [3.05, 3.63) is 41.5 Å². The number of hydrogen-bond acceptors (Lipinski definition) is 2. The molecule has 3 heteroatoms. The molecule has 3 nitrogen and oxygen atoms in total. The molecule has 0 heterocycles. The minimum Gasteiger partial charge on any atom is -0.481 e. The number of hydrogen-bond donors (Lipinski definition) is 2. The predicted octanol–water partition coefficient (Wildman–Crippen LogP) is 2.56. The van der Waals surface area contributed by atoms with Crippen LogP contribution in [0.4, 0.5) is 0 Å². The Labute approximate surface area is 101 Å². The van der Waals surface area contributed by atoms with Crippen molar-refractivity contribution in [1.29, 1.82) is 0 Å².